The summed E-state index contributed by atoms with van der Waals surface area (Å²) >= 11 is 0. The second kappa shape index (κ2) is 8.47. The molecule has 122 valence electrons. The minimum atomic E-state index is 0.925. The zero-order valence-electron chi connectivity index (χ0n) is 13.6. The molecule has 3 heterocycles. The zero-order valence-corrected chi connectivity index (χ0v) is 13.6. The second-order valence-corrected chi connectivity index (χ2v) is 7.10. The largest absolute Gasteiger partial charge is 0.379 e. The summed E-state index contributed by atoms with van der Waals surface area (Å²) in [5.74, 6) is 0.925. The van der Waals surface area contributed by atoms with Crippen LogP contribution in [0.25, 0.3) is 0 Å². The first kappa shape index (κ1) is 15.7. The van der Waals surface area contributed by atoms with Crippen molar-refractivity contribution in [2.45, 2.75) is 32.1 Å². The lowest BCUT2D eigenvalue weighted by Gasteiger charge is -2.37. The van der Waals surface area contributed by atoms with Crippen molar-refractivity contribution in [3.63, 3.8) is 0 Å². The van der Waals surface area contributed by atoms with Crippen LogP contribution in [0.5, 0.6) is 0 Å². The van der Waals surface area contributed by atoms with Crippen LogP contribution in [0.1, 0.15) is 32.1 Å². The van der Waals surface area contributed by atoms with Gasteiger partial charge in [-0.3, -0.25) is 4.90 Å². The van der Waals surface area contributed by atoms with Gasteiger partial charge in [0, 0.05) is 32.7 Å². The third kappa shape index (κ3) is 5.20. The van der Waals surface area contributed by atoms with Crippen LogP contribution < -0.4 is 0 Å². The number of nitrogens with zero attached hydrogens (tertiary/aromatic N) is 3. The van der Waals surface area contributed by atoms with E-state index < -0.39 is 0 Å². The minimum Gasteiger partial charge on any atom is -0.379 e. The molecule has 0 aromatic heterocycles. The highest BCUT2D eigenvalue weighted by atomic mass is 16.5. The second-order valence-electron chi connectivity index (χ2n) is 7.10. The fourth-order valence-corrected chi connectivity index (χ4v) is 4.01. The number of hydrogen-bond acceptors (Lipinski definition) is 4. The molecule has 0 spiro atoms. The minimum absolute atomic E-state index is 0.925. The maximum atomic E-state index is 5.44. The van der Waals surface area contributed by atoms with Crippen LogP contribution in [0, 0.1) is 5.92 Å². The molecule has 0 bridgehead atoms. The summed E-state index contributed by atoms with van der Waals surface area (Å²) in [4.78, 5) is 7.98. The number of likely N-dealkylation sites (tertiary alicyclic amines) is 2. The monoisotopic (exact) mass is 295 g/mol. The maximum absolute atomic E-state index is 5.44. The third-order valence-electron chi connectivity index (χ3n) is 5.51. The van der Waals surface area contributed by atoms with Crippen LogP contribution in [0.2, 0.25) is 0 Å². The Balaban J connectivity index is 1.29. The molecule has 0 atom stereocenters. The van der Waals surface area contributed by atoms with Crippen molar-refractivity contribution >= 4 is 0 Å². The van der Waals surface area contributed by atoms with Crippen molar-refractivity contribution in [3.05, 3.63) is 0 Å². The van der Waals surface area contributed by atoms with E-state index in [9.17, 15) is 0 Å². The van der Waals surface area contributed by atoms with Gasteiger partial charge in [-0.25, -0.2) is 0 Å². The molecule has 0 aromatic rings. The quantitative estimate of drug-likeness (QED) is 0.765. The smallest absolute Gasteiger partial charge is 0.0594 e. The Morgan fingerprint density at radius 3 is 1.95 bits per heavy atom. The number of morpholine rings is 1. The van der Waals surface area contributed by atoms with E-state index in [1.807, 2.05) is 0 Å². The first-order chi connectivity index (χ1) is 10.4. The molecule has 3 aliphatic rings. The van der Waals surface area contributed by atoms with Crippen molar-refractivity contribution < 1.29 is 4.74 Å². The van der Waals surface area contributed by atoms with E-state index in [0.717, 1.165) is 32.2 Å². The number of rotatable bonds is 5. The molecule has 4 nitrogen and oxygen atoms in total. The summed E-state index contributed by atoms with van der Waals surface area (Å²) in [5, 5.41) is 0. The van der Waals surface area contributed by atoms with Gasteiger partial charge in [-0.05, 0) is 57.8 Å². The molecular weight excluding hydrogens is 262 g/mol. The molecule has 0 saturated carbocycles. The van der Waals surface area contributed by atoms with Crippen LogP contribution >= 0.6 is 0 Å². The molecule has 0 aliphatic carbocycles. The first-order valence-electron chi connectivity index (χ1n) is 9.15. The molecule has 0 unspecified atom stereocenters. The van der Waals surface area contributed by atoms with Crippen molar-refractivity contribution in [2.75, 3.05) is 72.1 Å². The Kier molecular flexibility index (Phi) is 6.34. The third-order valence-corrected chi connectivity index (χ3v) is 5.51. The molecule has 0 radical (unpaired) electrons. The first-order valence-corrected chi connectivity index (χ1v) is 9.15. The average Bonchev–Trinajstić information content (AvgIpc) is 2.56. The molecule has 3 saturated heterocycles. The van der Waals surface area contributed by atoms with E-state index in [1.54, 1.807) is 0 Å². The van der Waals surface area contributed by atoms with Crippen LogP contribution in [-0.4, -0.2) is 86.8 Å². The molecule has 3 fully saturated rings. The molecule has 4 heteroatoms. The Morgan fingerprint density at radius 1 is 0.667 bits per heavy atom. The van der Waals surface area contributed by atoms with Gasteiger partial charge in [0.05, 0.1) is 13.2 Å². The van der Waals surface area contributed by atoms with Crippen molar-refractivity contribution in [1.82, 2.24) is 14.7 Å². The van der Waals surface area contributed by atoms with Crippen LogP contribution in [0.15, 0.2) is 0 Å². The predicted octanol–water partition coefficient (Wildman–Crippen LogP) is 1.52. The predicted molar refractivity (Wildman–Crippen MR) is 86.7 cm³/mol. The van der Waals surface area contributed by atoms with Crippen LogP contribution in [0.4, 0.5) is 0 Å². The van der Waals surface area contributed by atoms with Gasteiger partial charge in [0.1, 0.15) is 0 Å². The van der Waals surface area contributed by atoms with Crippen molar-refractivity contribution in [1.29, 1.82) is 0 Å². The molecule has 0 N–H and O–H groups in total. The maximum Gasteiger partial charge on any atom is 0.0594 e. The molecular formula is C17H33N3O. The lowest BCUT2D eigenvalue weighted by molar-refractivity contribution is 0.0241. The van der Waals surface area contributed by atoms with Gasteiger partial charge in [0.15, 0.2) is 0 Å². The molecule has 21 heavy (non-hydrogen) atoms. The van der Waals surface area contributed by atoms with Gasteiger partial charge in [0.2, 0.25) is 0 Å². The van der Waals surface area contributed by atoms with Gasteiger partial charge in [0.25, 0.3) is 0 Å². The summed E-state index contributed by atoms with van der Waals surface area (Å²) < 4.78 is 5.44. The van der Waals surface area contributed by atoms with Crippen LogP contribution in [0.3, 0.4) is 0 Å². The van der Waals surface area contributed by atoms with Gasteiger partial charge in [-0.2, -0.15) is 0 Å². The van der Waals surface area contributed by atoms with Gasteiger partial charge in [-0.15, -0.1) is 0 Å². The Bertz CT molecular complexity index is 280. The Labute approximate surface area is 130 Å². The topological polar surface area (TPSA) is 19.0 Å². The standard InChI is InChI=1S/C17H33N3O/c1-2-6-18(7-3-1)10-11-19-8-4-17(5-9-19)16-20-12-14-21-15-13-20/h17H,1-16H2. The summed E-state index contributed by atoms with van der Waals surface area (Å²) in [6, 6.07) is 0. The summed E-state index contributed by atoms with van der Waals surface area (Å²) in [6.07, 6.45) is 7.08. The SMILES string of the molecule is C1CCN(CCN2CCC(CN3CCOCC3)CC2)CC1. The number of hydrogen-bond donors (Lipinski definition) is 0. The highest BCUT2D eigenvalue weighted by Gasteiger charge is 2.22. The van der Waals surface area contributed by atoms with Gasteiger partial charge in [-0.1, -0.05) is 6.42 Å². The highest BCUT2D eigenvalue weighted by Crippen LogP contribution is 2.19. The summed E-state index contributed by atoms with van der Waals surface area (Å²) in [7, 11) is 0. The molecule has 3 rings (SSSR count). The Hall–Kier alpha value is -0.160. The number of piperidine rings is 2. The lowest BCUT2D eigenvalue weighted by Crippen LogP contribution is -2.44. The molecule has 0 aromatic carbocycles. The van der Waals surface area contributed by atoms with E-state index in [1.165, 1.54) is 77.9 Å². The van der Waals surface area contributed by atoms with E-state index >= 15 is 0 Å². The zero-order chi connectivity index (χ0) is 14.3. The Morgan fingerprint density at radius 2 is 1.29 bits per heavy atom. The summed E-state index contributed by atoms with van der Waals surface area (Å²) in [5.41, 5.74) is 0. The fourth-order valence-electron chi connectivity index (χ4n) is 4.01. The van der Waals surface area contributed by atoms with Crippen molar-refractivity contribution in [2.24, 2.45) is 5.92 Å². The van der Waals surface area contributed by atoms with Gasteiger partial charge >= 0.3 is 0 Å². The normalized spacial score (nSPS) is 28.0. The van der Waals surface area contributed by atoms with Gasteiger partial charge < -0.3 is 14.5 Å². The lowest BCUT2D eigenvalue weighted by atomic mass is 9.96. The van der Waals surface area contributed by atoms with E-state index in [-0.39, 0.29) is 0 Å². The van der Waals surface area contributed by atoms with E-state index in [0.29, 0.717) is 0 Å². The number of ether oxygens (including phenoxy) is 1. The van der Waals surface area contributed by atoms with E-state index in [2.05, 4.69) is 14.7 Å². The van der Waals surface area contributed by atoms with Crippen molar-refractivity contribution in [3.8, 4) is 0 Å². The molecule has 0 amide bonds. The molecule has 3 aliphatic heterocycles. The summed E-state index contributed by atoms with van der Waals surface area (Å²) in [6.45, 7) is 13.4. The highest BCUT2D eigenvalue weighted by molar-refractivity contribution is 4.77. The average molecular weight is 295 g/mol. The van der Waals surface area contributed by atoms with Crippen LogP contribution in [-0.2, 0) is 4.74 Å². The fraction of sp³-hybridized carbons (Fsp3) is 1.00. The van der Waals surface area contributed by atoms with E-state index in [4.69, 9.17) is 4.74 Å².